The molecule has 0 fully saturated rings. The van der Waals surface area contributed by atoms with E-state index in [1.54, 1.807) is 0 Å². The number of rotatable bonds is 1. The average molecular weight is 207 g/mol. The van der Waals surface area contributed by atoms with Crippen LogP contribution >= 0.6 is 11.6 Å². The van der Waals surface area contributed by atoms with Crippen LogP contribution in [0.3, 0.4) is 0 Å². The van der Waals surface area contributed by atoms with E-state index in [1.807, 2.05) is 0 Å². The second kappa shape index (κ2) is 3.24. The van der Waals surface area contributed by atoms with Crippen LogP contribution in [-0.2, 0) is 10.8 Å². The second-order valence-electron chi connectivity index (χ2n) is 2.05. The molecule has 0 aliphatic heterocycles. The third-order valence-electron chi connectivity index (χ3n) is 1.15. The molecule has 12 heavy (non-hydrogen) atoms. The number of anilines is 2. The van der Waals surface area contributed by atoms with Crippen LogP contribution in [-0.4, -0.2) is 20.4 Å². The molecule has 0 bridgehead atoms. The van der Waals surface area contributed by atoms with Crippen molar-refractivity contribution in [1.29, 1.82) is 0 Å². The highest BCUT2D eigenvalue weighted by molar-refractivity contribution is 7.84. The lowest BCUT2D eigenvalue weighted by Gasteiger charge is -2.02. The molecule has 1 aromatic rings. The predicted molar refractivity (Wildman–Crippen MR) is 48.2 cm³/mol. The topological polar surface area (TPSA) is 94.9 Å². The zero-order chi connectivity index (χ0) is 9.30. The van der Waals surface area contributed by atoms with E-state index in [0.29, 0.717) is 0 Å². The van der Waals surface area contributed by atoms with Gasteiger partial charge < -0.3 is 11.5 Å². The highest BCUT2D eigenvalue weighted by atomic mass is 35.5. The smallest absolute Gasteiger partial charge is 0.222 e. The number of halogens is 1. The SMILES string of the molecule is CS(=O)c1nc(N)nc(Cl)c1N. The zero-order valence-corrected chi connectivity index (χ0v) is 7.82. The summed E-state index contributed by atoms with van der Waals surface area (Å²) in [5, 5.41) is 0.209. The Morgan fingerprint density at radius 3 is 2.50 bits per heavy atom. The molecule has 0 aliphatic rings. The molecule has 0 radical (unpaired) electrons. The molecule has 1 atom stereocenters. The summed E-state index contributed by atoms with van der Waals surface area (Å²) in [5.74, 6) is -0.0283. The number of nitrogens with two attached hydrogens (primary N) is 2. The van der Waals surface area contributed by atoms with Crippen LogP contribution in [0.2, 0.25) is 5.15 Å². The van der Waals surface area contributed by atoms with Crippen LogP contribution in [0, 0.1) is 0 Å². The van der Waals surface area contributed by atoms with E-state index >= 15 is 0 Å². The van der Waals surface area contributed by atoms with Crippen molar-refractivity contribution in [2.45, 2.75) is 5.03 Å². The lowest BCUT2D eigenvalue weighted by atomic mass is 10.5. The van der Waals surface area contributed by atoms with Gasteiger partial charge in [0.25, 0.3) is 0 Å². The third-order valence-corrected chi connectivity index (χ3v) is 2.30. The van der Waals surface area contributed by atoms with Gasteiger partial charge in [0.1, 0.15) is 5.69 Å². The fourth-order valence-corrected chi connectivity index (χ4v) is 1.52. The number of aromatic nitrogens is 2. The van der Waals surface area contributed by atoms with Crippen LogP contribution < -0.4 is 11.5 Å². The molecule has 1 heterocycles. The molecule has 5 nitrogen and oxygen atoms in total. The predicted octanol–water partition coefficient (Wildman–Crippen LogP) is 0.0318. The monoisotopic (exact) mass is 206 g/mol. The lowest BCUT2D eigenvalue weighted by molar-refractivity contribution is 0.684. The molecule has 0 saturated heterocycles. The van der Waals surface area contributed by atoms with Crippen molar-refractivity contribution in [3.05, 3.63) is 5.15 Å². The third kappa shape index (κ3) is 1.64. The fourth-order valence-electron chi connectivity index (χ4n) is 0.657. The normalized spacial score (nSPS) is 12.8. The van der Waals surface area contributed by atoms with Gasteiger partial charge in [-0.25, -0.2) is 4.98 Å². The van der Waals surface area contributed by atoms with Crippen LogP contribution in [0.1, 0.15) is 0 Å². The Kier molecular flexibility index (Phi) is 2.49. The number of hydrogen-bond donors (Lipinski definition) is 2. The van der Waals surface area contributed by atoms with Gasteiger partial charge in [-0.15, -0.1) is 0 Å². The van der Waals surface area contributed by atoms with Gasteiger partial charge in [-0.1, -0.05) is 11.6 Å². The maximum atomic E-state index is 11.0. The Bertz CT molecular complexity index is 342. The second-order valence-corrected chi connectivity index (χ2v) is 3.70. The van der Waals surface area contributed by atoms with Crippen molar-refractivity contribution < 1.29 is 4.21 Å². The minimum atomic E-state index is -1.30. The molecule has 0 saturated carbocycles. The molecule has 0 amide bonds. The van der Waals surface area contributed by atoms with Crippen LogP contribution in [0.25, 0.3) is 0 Å². The number of hydrogen-bond acceptors (Lipinski definition) is 5. The standard InChI is InChI=1S/C5H7ClN4OS/c1-12(11)4-2(7)3(6)9-5(8)10-4/h7H2,1H3,(H2,8,9,10). The first-order valence-corrected chi connectivity index (χ1v) is 4.88. The van der Waals surface area contributed by atoms with Gasteiger partial charge in [0.2, 0.25) is 5.95 Å². The van der Waals surface area contributed by atoms with E-state index in [2.05, 4.69) is 9.97 Å². The molecule has 4 N–H and O–H groups in total. The van der Waals surface area contributed by atoms with E-state index in [0.717, 1.165) is 0 Å². The molecule has 0 aromatic carbocycles. The summed E-state index contributed by atoms with van der Waals surface area (Å²) in [6.07, 6.45) is 1.44. The first-order valence-electron chi connectivity index (χ1n) is 2.94. The van der Waals surface area contributed by atoms with Crippen molar-refractivity contribution in [3.8, 4) is 0 Å². The molecule has 66 valence electrons. The van der Waals surface area contributed by atoms with Gasteiger partial charge in [0, 0.05) is 6.26 Å². The average Bonchev–Trinajstić information content (AvgIpc) is 1.96. The molecule has 0 spiro atoms. The van der Waals surface area contributed by atoms with Crippen molar-refractivity contribution in [1.82, 2.24) is 9.97 Å². The molecule has 0 aliphatic carbocycles. The summed E-state index contributed by atoms with van der Waals surface area (Å²) in [7, 11) is -1.30. The van der Waals surface area contributed by atoms with Gasteiger partial charge in [-0.3, -0.25) is 4.21 Å². The van der Waals surface area contributed by atoms with Gasteiger partial charge in [0.15, 0.2) is 10.2 Å². The summed E-state index contributed by atoms with van der Waals surface area (Å²) in [6, 6.07) is 0. The van der Waals surface area contributed by atoms with Crippen LogP contribution in [0.15, 0.2) is 5.03 Å². The Balaban J connectivity index is 3.37. The first-order chi connectivity index (χ1) is 5.52. The molecular formula is C5H7ClN4OS. The maximum Gasteiger partial charge on any atom is 0.222 e. The molecule has 1 unspecified atom stereocenters. The van der Waals surface area contributed by atoms with Crippen molar-refractivity contribution in [2.24, 2.45) is 0 Å². The molecular weight excluding hydrogens is 200 g/mol. The molecule has 1 rings (SSSR count). The fraction of sp³-hybridized carbons (Fsp3) is 0.200. The Morgan fingerprint density at radius 1 is 1.42 bits per heavy atom. The summed E-state index contributed by atoms with van der Waals surface area (Å²) in [4.78, 5) is 7.28. The van der Waals surface area contributed by atoms with Gasteiger partial charge in [-0.2, -0.15) is 4.98 Å². The van der Waals surface area contributed by atoms with E-state index in [9.17, 15) is 4.21 Å². The summed E-state index contributed by atoms with van der Waals surface area (Å²) < 4.78 is 11.0. The van der Waals surface area contributed by atoms with Crippen molar-refractivity contribution in [2.75, 3.05) is 17.7 Å². The summed E-state index contributed by atoms with van der Waals surface area (Å²) >= 11 is 5.57. The largest absolute Gasteiger partial charge is 0.394 e. The van der Waals surface area contributed by atoms with E-state index < -0.39 is 10.8 Å². The molecule has 1 aromatic heterocycles. The minimum absolute atomic E-state index is 0.0283. The van der Waals surface area contributed by atoms with E-state index in [-0.39, 0.29) is 21.8 Å². The van der Waals surface area contributed by atoms with Gasteiger partial charge in [-0.05, 0) is 0 Å². The first kappa shape index (κ1) is 9.21. The summed E-state index contributed by atoms with van der Waals surface area (Å²) in [5.41, 5.74) is 10.8. The Hall–Kier alpha value is -0.880. The van der Waals surface area contributed by atoms with Gasteiger partial charge >= 0.3 is 0 Å². The maximum absolute atomic E-state index is 11.0. The van der Waals surface area contributed by atoms with E-state index in [1.165, 1.54) is 6.26 Å². The summed E-state index contributed by atoms with van der Waals surface area (Å²) in [6.45, 7) is 0. The highest BCUT2D eigenvalue weighted by Crippen LogP contribution is 2.21. The molecule has 7 heteroatoms. The van der Waals surface area contributed by atoms with Gasteiger partial charge in [0.05, 0.1) is 10.8 Å². The number of nitrogen functional groups attached to an aromatic ring is 2. The Labute approximate surface area is 76.6 Å². The zero-order valence-electron chi connectivity index (χ0n) is 6.24. The number of nitrogens with zero attached hydrogens (tertiary/aromatic N) is 2. The lowest BCUT2D eigenvalue weighted by Crippen LogP contribution is -2.05. The van der Waals surface area contributed by atoms with Crippen molar-refractivity contribution in [3.63, 3.8) is 0 Å². The van der Waals surface area contributed by atoms with E-state index in [4.69, 9.17) is 23.1 Å². The van der Waals surface area contributed by atoms with Crippen LogP contribution in [0.5, 0.6) is 0 Å². The van der Waals surface area contributed by atoms with Crippen molar-refractivity contribution >= 4 is 34.0 Å². The Morgan fingerprint density at radius 2 is 2.00 bits per heavy atom. The quantitative estimate of drug-likeness (QED) is 0.633. The van der Waals surface area contributed by atoms with Crippen LogP contribution in [0.4, 0.5) is 11.6 Å². The minimum Gasteiger partial charge on any atom is -0.394 e. The highest BCUT2D eigenvalue weighted by Gasteiger charge is 2.11.